The van der Waals surface area contributed by atoms with Gasteiger partial charge >= 0.3 is 29.3 Å². The van der Waals surface area contributed by atoms with Crippen LogP contribution in [0.15, 0.2) is 29.1 Å². The summed E-state index contributed by atoms with van der Waals surface area (Å²) in [4.78, 5) is 56.5. The summed E-state index contributed by atoms with van der Waals surface area (Å²) in [6.07, 6.45) is -9.19. The summed E-state index contributed by atoms with van der Waals surface area (Å²) in [6, 6.07) is 3.80. The number of anilines is 3. The van der Waals surface area contributed by atoms with Crippen LogP contribution in [-0.2, 0) is 38.2 Å². The molecular formula is C32H46F3N5O9Si2. The van der Waals surface area contributed by atoms with Gasteiger partial charge in [-0.15, -0.1) is 0 Å². The van der Waals surface area contributed by atoms with Gasteiger partial charge in [0, 0.05) is 6.92 Å². The Balaban J connectivity index is 1.87. The topological polar surface area (TPSA) is 179 Å². The lowest BCUT2D eigenvalue weighted by Gasteiger charge is -2.51. The minimum Gasteiger partial charge on any atom is -0.451 e. The Morgan fingerprint density at radius 1 is 1.04 bits per heavy atom. The van der Waals surface area contributed by atoms with Gasteiger partial charge in [-0.05, 0) is 40.4 Å². The molecule has 4 atom stereocenters. The molecule has 2 amide bonds. The first-order valence-electron chi connectivity index (χ1n) is 16.7. The van der Waals surface area contributed by atoms with E-state index in [1.54, 1.807) is 0 Å². The molecule has 1 aromatic heterocycles. The first-order chi connectivity index (χ1) is 23.7. The van der Waals surface area contributed by atoms with E-state index < -0.39 is 70.8 Å². The van der Waals surface area contributed by atoms with Crippen molar-refractivity contribution in [2.75, 3.05) is 22.6 Å². The standard InChI is InChI=1S/C32H46F3N5O9Si2/c1-16(2)50(17(3)4)45-14-23-25(48-51(49-50,18(5)6)19(7)8)26(47-30(44)21-11-10-12-22(13-21)32(33,34)35)29(46-23)38-27-24(36-15-41)28(43)40-31(39-27)37-20(9)42/h10-13,15-19,23,25-26,29H,14H2,1-9H3,(H,36,41)(H3,37,38,39,40,42,43)/t23-,25-,26-,29-/m1/s1. The molecule has 0 spiro atoms. The van der Waals surface area contributed by atoms with Crippen molar-refractivity contribution in [2.24, 2.45) is 0 Å². The van der Waals surface area contributed by atoms with Gasteiger partial charge in [-0.2, -0.15) is 18.2 Å². The second-order valence-electron chi connectivity index (χ2n) is 13.8. The van der Waals surface area contributed by atoms with Gasteiger partial charge in [0.2, 0.25) is 18.3 Å². The van der Waals surface area contributed by atoms with Crippen molar-refractivity contribution in [1.82, 2.24) is 9.97 Å². The number of carbonyl (C=O) groups is 3. The van der Waals surface area contributed by atoms with Gasteiger partial charge in [-0.25, -0.2) is 4.79 Å². The molecule has 19 heteroatoms. The molecule has 2 fully saturated rings. The summed E-state index contributed by atoms with van der Waals surface area (Å²) in [7, 11) is -6.39. The summed E-state index contributed by atoms with van der Waals surface area (Å²) in [5, 5.41) is 7.54. The van der Waals surface area contributed by atoms with Crippen LogP contribution in [0.1, 0.15) is 78.2 Å². The lowest BCUT2D eigenvalue weighted by atomic mass is 10.1. The first-order valence-corrected chi connectivity index (χ1v) is 20.6. The van der Waals surface area contributed by atoms with E-state index in [0.29, 0.717) is 6.07 Å². The zero-order valence-electron chi connectivity index (χ0n) is 30.0. The van der Waals surface area contributed by atoms with Crippen LogP contribution in [0.3, 0.4) is 0 Å². The van der Waals surface area contributed by atoms with Crippen LogP contribution in [-0.4, -0.2) is 76.5 Å². The largest absolute Gasteiger partial charge is 0.451 e. The SMILES string of the molecule is CC(=O)Nc1nc(N[C@@H]2O[C@@H]3CO[Si](C(C)C)(C(C)C)O[Si](C(C)C)(C(C)C)O[C@H]3[C@H]2OC(=O)c2cccc(C(F)(F)F)c2)c(NC=O)c(=O)[nH]1. The van der Waals surface area contributed by atoms with Crippen molar-refractivity contribution < 1.29 is 50.0 Å². The number of H-pyrrole nitrogens is 1. The Labute approximate surface area is 296 Å². The lowest BCUT2D eigenvalue weighted by molar-refractivity contribution is -0.137. The fraction of sp³-hybridized carbons (Fsp3) is 0.594. The maximum atomic E-state index is 13.7. The Morgan fingerprint density at radius 3 is 2.22 bits per heavy atom. The number of amides is 2. The van der Waals surface area contributed by atoms with Crippen LogP contribution in [0.25, 0.3) is 0 Å². The zero-order chi connectivity index (χ0) is 38.1. The third kappa shape index (κ3) is 8.38. The number of ether oxygens (including phenoxy) is 2. The number of nitrogens with one attached hydrogen (secondary N) is 4. The van der Waals surface area contributed by atoms with E-state index in [1.807, 2.05) is 55.4 Å². The zero-order valence-corrected chi connectivity index (χ0v) is 32.0. The predicted octanol–water partition coefficient (Wildman–Crippen LogP) is 5.63. The van der Waals surface area contributed by atoms with E-state index in [2.05, 4.69) is 25.9 Å². The summed E-state index contributed by atoms with van der Waals surface area (Å²) in [6.45, 7) is 17.2. The Hall–Kier alpha value is -3.63. The molecule has 2 aromatic rings. The monoisotopic (exact) mass is 757 g/mol. The third-order valence-electron chi connectivity index (χ3n) is 9.01. The number of nitrogens with zero attached hydrogens (tertiary/aromatic N) is 1. The number of benzene rings is 1. The summed E-state index contributed by atoms with van der Waals surface area (Å²) in [5.41, 5.74) is -2.91. The average Bonchev–Trinajstić information content (AvgIpc) is 3.31. The molecule has 0 aliphatic carbocycles. The minimum atomic E-state index is -4.72. The molecule has 3 heterocycles. The molecule has 2 aliphatic heterocycles. The van der Waals surface area contributed by atoms with E-state index in [0.717, 1.165) is 12.1 Å². The van der Waals surface area contributed by atoms with Gasteiger partial charge in [-0.1, -0.05) is 61.5 Å². The Kier molecular flexibility index (Phi) is 12.2. The molecule has 51 heavy (non-hydrogen) atoms. The van der Waals surface area contributed by atoms with Gasteiger partial charge in [-0.3, -0.25) is 24.7 Å². The third-order valence-corrected chi connectivity index (χ3v) is 19.3. The molecule has 282 valence electrons. The highest BCUT2D eigenvalue weighted by Gasteiger charge is 2.62. The first kappa shape index (κ1) is 40.1. The molecule has 0 unspecified atom stereocenters. The van der Waals surface area contributed by atoms with E-state index in [4.69, 9.17) is 22.4 Å². The average molecular weight is 758 g/mol. The summed E-state index contributed by atoms with van der Waals surface area (Å²) in [5.74, 6) is -2.19. The van der Waals surface area contributed by atoms with Crippen molar-refractivity contribution in [1.29, 1.82) is 0 Å². The second-order valence-corrected chi connectivity index (χ2v) is 22.7. The predicted molar refractivity (Wildman–Crippen MR) is 186 cm³/mol. The van der Waals surface area contributed by atoms with Gasteiger partial charge in [0.25, 0.3) is 5.56 Å². The molecule has 0 bridgehead atoms. The van der Waals surface area contributed by atoms with Crippen molar-refractivity contribution in [2.45, 2.75) is 115 Å². The van der Waals surface area contributed by atoms with Gasteiger partial charge in [0.15, 0.2) is 18.1 Å². The van der Waals surface area contributed by atoms with Crippen LogP contribution in [0, 0.1) is 0 Å². The maximum absolute atomic E-state index is 13.7. The molecule has 0 saturated carbocycles. The molecular weight excluding hydrogens is 712 g/mol. The number of carbonyl (C=O) groups excluding carboxylic acids is 3. The van der Waals surface area contributed by atoms with Crippen LogP contribution < -0.4 is 21.5 Å². The van der Waals surface area contributed by atoms with Crippen molar-refractivity contribution in [3.8, 4) is 0 Å². The van der Waals surface area contributed by atoms with Crippen molar-refractivity contribution >= 4 is 52.9 Å². The van der Waals surface area contributed by atoms with E-state index in [1.165, 1.54) is 13.0 Å². The number of aromatic nitrogens is 2. The number of esters is 1. The fourth-order valence-electron chi connectivity index (χ4n) is 6.53. The Bertz CT molecular complexity index is 1640. The highest BCUT2D eigenvalue weighted by molar-refractivity contribution is 6.84. The molecule has 0 radical (unpaired) electrons. The van der Waals surface area contributed by atoms with Crippen molar-refractivity contribution in [3.63, 3.8) is 0 Å². The molecule has 2 saturated heterocycles. The lowest BCUT2D eigenvalue weighted by Crippen LogP contribution is -2.66. The highest BCUT2D eigenvalue weighted by Crippen LogP contribution is 2.48. The fourth-order valence-corrected chi connectivity index (χ4v) is 17.7. The van der Waals surface area contributed by atoms with Gasteiger partial charge in [0.05, 0.1) is 17.7 Å². The second kappa shape index (κ2) is 15.5. The number of hydrogen-bond acceptors (Lipinski definition) is 11. The molecule has 4 N–H and O–H groups in total. The van der Waals surface area contributed by atoms with Gasteiger partial charge < -0.3 is 33.1 Å². The van der Waals surface area contributed by atoms with Gasteiger partial charge in [0.1, 0.15) is 17.9 Å². The minimum absolute atomic E-state index is 0.00343. The van der Waals surface area contributed by atoms with E-state index >= 15 is 0 Å². The maximum Gasteiger partial charge on any atom is 0.416 e. The van der Waals surface area contributed by atoms with Crippen LogP contribution in [0.2, 0.25) is 22.2 Å². The van der Waals surface area contributed by atoms with E-state index in [9.17, 15) is 32.3 Å². The van der Waals surface area contributed by atoms with Crippen LogP contribution in [0.4, 0.5) is 30.6 Å². The number of fused-ring (bicyclic) bond motifs is 1. The molecule has 1 aromatic carbocycles. The smallest absolute Gasteiger partial charge is 0.416 e. The molecule has 2 aliphatic rings. The van der Waals surface area contributed by atoms with E-state index in [-0.39, 0.29) is 58.2 Å². The number of aromatic amines is 1. The molecule has 4 rings (SSSR count). The van der Waals surface area contributed by atoms with Crippen LogP contribution >= 0.6 is 0 Å². The number of halogens is 3. The van der Waals surface area contributed by atoms with Crippen molar-refractivity contribution in [3.05, 3.63) is 45.7 Å². The number of hydrogen-bond donors (Lipinski definition) is 4. The normalized spacial score (nSPS) is 23.1. The Morgan fingerprint density at radius 2 is 1.67 bits per heavy atom. The van der Waals surface area contributed by atoms with Crippen LogP contribution in [0.5, 0.6) is 0 Å². The number of rotatable bonds is 11. The highest BCUT2D eigenvalue weighted by atomic mass is 28.5. The summed E-state index contributed by atoms with van der Waals surface area (Å²) >= 11 is 0. The quantitative estimate of drug-likeness (QED) is 0.127. The number of alkyl halides is 3. The molecule has 14 nitrogen and oxygen atoms in total. The summed E-state index contributed by atoms with van der Waals surface area (Å²) < 4.78 is 74.3.